The summed E-state index contributed by atoms with van der Waals surface area (Å²) in [5.41, 5.74) is 2.49. The van der Waals surface area contributed by atoms with Crippen molar-refractivity contribution in [1.29, 1.82) is 0 Å². The minimum Gasteiger partial charge on any atom is -0.493 e. The lowest BCUT2D eigenvalue weighted by Crippen LogP contribution is -2.04. The van der Waals surface area contributed by atoms with Gasteiger partial charge >= 0.3 is 0 Å². The Morgan fingerprint density at radius 2 is 2.17 bits per heavy atom. The topological polar surface area (TPSA) is 44.1 Å². The molecule has 122 valence electrons. The van der Waals surface area contributed by atoms with Crippen LogP contribution < -0.4 is 4.74 Å². The van der Waals surface area contributed by atoms with Gasteiger partial charge in [-0.25, -0.2) is 0 Å². The van der Waals surface area contributed by atoms with Crippen LogP contribution in [0, 0.1) is 12.8 Å². The first-order valence-electron chi connectivity index (χ1n) is 7.99. The van der Waals surface area contributed by atoms with Crippen LogP contribution in [0.1, 0.15) is 42.4 Å². The lowest BCUT2D eigenvalue weighted by atomic mass is 10.1. The Balaban J connectivity index is 2.08. The number of allylic oxidation sites excluding steroid dienone is 1. The Morgan fingerprint density at radius 3 is 2.83 bits per heavy atom. The van der Waals surface area contributed by atoms with Gasteiger partial charge in [0, 0.05) is 12.2 Å². The molecule has 0 saturated heterocycles. The molecule has 4 nitrogen and oxygen atoms in total. The molecule has 4 heteroatoms. The molecule has 1 heterocycles. The number of ketones is 1. The third-order valence-electron chi connectivity index (χ3n) is 3.54. The minimum atomic E-state index is -0.0318. The molecule has 2 aromatic rings. The summed E-state index contributed by atoms with van der Waals surface area (Å²) in [5.74, 6) is 1.27. The van der Waals surface area contributed by atoms with Crippen molar-refractivity contribution in [2.75, 3.05) is 6.61 Å². The molecule has 0 N–H and O–H groups in total. The molecule has 0 amide bonds. The number of aromatic nitrogens is 2. The molecule has 0 unspecified atom stereocenters. The summed E-state index contributed by atoms with van der Waals surface area (Å²) in [7, 11) is 0. The summed E-state index contributed by atoms with van der Waals surface area (Å²) in [4.78, 5) is 12.3. The van der Waals surface area contributed by atoms with Gasteiger partial charge in [0.1, 0.15) is 5.75 Å². The molecule has 0 atom stereocenters. The van der Waals surface area contributed by atoms with E-state index < -0.39 is 0 Å². The zero-order valence-electron chi connectivity index (χ0n) is 14.2. The second kappa shape index (κ2) is 7.77. The fourth-order valence-corrected chi connectivity index (χ4v) is 2.24. The van der Waals surface area contributed by atoms with E-state index >= 15 is 0 Å². The predicted octanol–water partition coefficient (Wildman–Crippen LogP) is 4.14. The van der Waals surface area contributed by atoms with Crippen LogP contribution >= 0.6 is 0 Å². The highest BCUT2D eigenvalue weighted by Gasteiger charge is 2.10. The maximum absolute atomic E-state index is 12.3. The highest BCUT2D eigenvalue weighted by molar-refractivity contribution is 6.07. The Bertz CT molecular complexity index is 699. The van der Waals surface area contributed by atoms with E-state index in [2.05, 4.69) is 18.9 Å². The number of nitrogens with zero attached hydrogens (tertiary/aromatic N) is 2. The summed E-state index contributed by atoms with van der Waals surface area (Å²) < 4.78 is 7.53. The SMILES string of the molecule is CCn1ncc(C(=O)/C=C/c2cccc(OCC(C)C)c2)c1C. The molecular formula is C19H24N2O2. The first-order valence-corrected chi connectivity index (χ1v) is 7.99. The summed E-state index contributed by atoms with van der Waals surface area (Å²) >= 11 is 0. The number of hydrogen-bond donors (Lipinski definition) is 0. The van der Waals surface area contributed by atoms with E-state index in [1.807, 2.05) is 48.9 Å². The molecule has 0 bridgehead atoms. The van der Waals surface area contributed by atoms with Gasteiger partial charge in [0.25, 0.3) is 0 Å². The van der Waals surface area contributed by atoms with E-state index in [1.165, 1.54) is 0 Å². The van der Waals surface area contributed by atoms with E-state index in [1.54, 1.807) is 12.3 Å². The van der Waals surface area contributed by atoms with Crippen LogP contribution in [0.5, 0.6) is 5.75 Å². The number of ether oxygens (including phenoxy) is 1. The minimum absolute atomic E-state index is 0.0318. The van der Waals surface area contributed by atoms with E-state index in [0.717, 1.165) is 23.6 Å². The third-order valence-corrected chi connectivity index (χ3v) is 3.54. The smallest absolute Gasteiger partial charge is 0.189 e. The number of carbonyl (C=O) groups is 1. The van der Waals surface area contributed by atoms with Gasteiger partial charge in [-0.3, -0.25) is 9.48 Å². The standard InChI is InChI=1S/C19H24N2O2/c1-5-21-15(4)18(12-20-21)19(22)10-9-16-7-6-8-17(11-16)23-13-14(2)3/h6-12,14H,5,13H2,1-4H3/b10-9+. The summed E-state index contributed by atoms with van der Waals surface area (Å²) in [5, 5.41) is 4.21. The van der Waals surface area contributed by atoms with Gasteiger partial charge in [-0.05, 0) is 43.5 Å². The normalized spacial score (nSPS) is 11.3. The van der Waals surface area contributed by atoms with E-state index in [4.69, 9.17) is 4.74 Å². The van der Waals surface area contributed by atoms with Crippen molar-refractivity contribution >= 4 is 11.9 Å². The number of benzene rings is 1. The largest absolute Gasteiger partial charge is 0.493 e. The Morgan fingerprint density at radius 1 is 1.39 bits per heavy atom. The highest BCUT2D eigenvalue weighted by atomic mass is 16.5. The molecule has 0 aliphatic carbocycles. The average Bonchev–Trinajstić information content (AvgIpc) is 2.92. The van der Waals surface area contributed by atoms with E-state index in [-0.39, 0.29) is 5.78 Å². The van der Waals surface area contributed by atoms with Crippen molar-refractivity contribution in [1.82, 2.24) is 9.78 Å². The van der Waals surface area contributed by atoms with Crippen LogP contribution in [0.3, 0.4) is 0 Å². The fraction of sp³-hybridized carbons (Fsp3) is 0.368. The number of aryl methyl sites for hydroxylation is 1. The van der Waals surface area contributed by atoms with Crippen molar-refractivity contribution in [3.63, 3.8) is 0 Å². The maximum Gasteiger partial charge on any atom is 0.189 e. The van der Waals surface area contributed by atoms with Crippen molar-refractivity contribution in [3.05, 3.63) is 53.4 Å². The predicted molar refractivity (Wildman–Crippen MR) is 92.8 cm³/mol. The van der Waals surface area contributed by atoms with Gasteiger partial charge in [0.2, 0.25) is 0 Å². The molecule has 0 saturated carbocycles. The van der Waals surface area contributed by atoms with Crippen LogP contribution in [0.4, 0.5) is 0 Å². The summed E-state index contributed by atoms with van der Waals surface area (Å²) in [6.45, 7) is 9.59. The maximum atomic E-state index is 12.3. The molecule has 0 aliphatic heterocycles. The molecule has 0 radical (unpaired) electrons. The Hall–Kier alpha value is -2.36. The second-order valence-electron chi connectivity index (χ2n) is 5.93. The first-order chi connectivity index (χ1) is 11.0. The second-order valence-corrected chi connectivity index (χ2v) is 5.93. The van der Waals surface area contributed by atoms with E-state index in [9.17, 15) is 4.79 Å². The zero-order valence-corrected chi connectivity index (χ0v) is 14.2. The van der Waals surface area contributed by atoms with Gasteiger partial charge in [0.05, 0.1) is 18.4 Å². The van der Waals surface area contributed by atoms with E-state index in [0.29, 0.717) is 18.1 Å². The van der Waals surface area contributed by atoms with Crippen LogP contribution in [0.15, 0.2) is 36.5 Å². The van der Waals surface area contributed by atoms with Crippen molar-refractivity contribution in [2.24, 2.45) is 5.92 Å². The van der Waals surface area contributed by atoms with Crippen molar-refractivity contribution in [3.8, 4) is 5.75 Å². The van der Waals surface area contributed by atoms with Crippen LogP contribution in [-0.2, 0) is 6.54 Å². The summed E-state index contributed by atoms with van der Waals surface area (Å²) in [6, 6.07) is 7.75. The molecule has 1 aromatic heterocycles. The first kappa shape index (κ1) is 17.0. The Kier molecular flexibility index (Phi) is 5.74. The van der Waals surface area contributed by atoms with Gasteiger partial charge in [-0.2, -0.15) is 5.10 Å². The molecule has 0 fully saturated rings. The van der Waals surface area contributed by atoms with Gasteiger partial charge < -0.3 is 4.74 Å². The van der Waals surface area contributed by atoms with Gasteiger partial charge in [-0.15, -0.1) is 0 Å². The lowest BCUT2D eigenvalue weighted by molar-refractivity contribution is 0.104. The third kappa shape index (κ3) is 4.55. The monoisotopic (exact) mass is 312 g/mol. The molecule has 0 aliphatic rings. The molecular weight excluding hydrogens is 288 g/mol. The van der Waals surface area contributed by atoms with Crippen LogP contribution in [0.2, 0.25) is 0 Å². The van der Waals surface area contributed by atoms with Crippen molar-refractivity contribution < 1.29 is 9.53 Å². The van der Waals surface area contributed by atoms with Crippen molar-refractivity contribution in [2.45, 2.75) is 34.2 Å². The molecule has 0 spiro atoms. The molecule has 23 heavy (non-hydrogen) atoms. The van der Waals surface area contributed by atoms with Gasteiger partial charge in [0.15, 0.2) is 5.78 Å². The molecule has 1 aromatic carbocycles. The fourth-order valence-electron chi connectivity index (χ4n) is 2.24. The highest BCUT2D eigenvalue weighted by Crippen LogP contribution is 2.16. The van der Waals surface area contributed by atoms with Crippen LogP contribution in [0.25, 0.3) is 6.08 Å². The van der Waals surface area contributed by atoms with Gasteiger partial charge in [-0.1, -0.05) is 32.1 Å². The lowest BCUT2D eigenvalue weighted by Gasteiger charge is -2.08. The zero-order chi connectivity index (χ0) is 16.8. The Labute approximate surface area is 137 Å². The van der Waals surface area contributed by atoms with Crippen LogP contribution in [-0.4, -0.2) is 22.2 Å². The summed E-state index contributed by atoms with van der Waals surface area (Å²) in [6.07, 6.45) is 5.03. The number of rotatable bonds is 7. The number of hydrogen-bond acceptors (Lipinski definition) is 3. The quantitative estimate of drug-likeness (QED) is 0.570. The average molecular weight is 312 g/mol. The number of carbonyl (C=O) groups excluding carboxylic acids is 1. The molecule has 2 rings (SSSR count).